The molecule has 0 fully saturated rings. The molecule has 35 heavy (non-hydrogen) atoms. The van der Waals surface area contributed by atoms with Crippen LogP contribution in [0.5, 0.6) is 5.75 Å². The molecular formula is C28H28N4O3. The first kappa shape index (κ1) is 22.7. The maximum absolute atomic E-state index is 13.0. The third-order valence-corrected chi connectivity index (χ3v) is 6.11. The van der Waals surface area contributed by atoms with E-state index in [1.807, 2.05) is 80.6 Å². The first-order chi connectivity index (χ1) is 17.1. The van der Waals surface area contributed by atoms with Gasteiger partial charge in [-0.05, 0) is 60.9 Å². The summed E-state index contributed by atoms with van der Waals surface area (Å²) in [5, 5.41) is 1.10. The molecule has 7 nitrogen and oxygen atoms in total. The molecule has 0 bridgehead atoms. The second-order valence-electron chi connectivity index (χ2n) is 8.64. The van der Waals surface area contributed by atoms with Crippen molar-refractivity contribution in [2.75, 3.05) is 0 Å². The van der Waals surface area contributed by atoms with Crippen molar-refractivity contribution in [3.05, 3.63) is 93.3 Å². The van der Waals surface area contributed by atoms with Crippen molar-refractivity contribution in [3.63, 3.8) is 0 Å². The van der Waals surface area contributed by atoms with Gasteiger partial charge in [0.2, 0.25) is 0 Å². The van der Waals surface area contributed by atoms with Gasteiger partial charge >= 0.3 is 5.69 Å². The fraction of sp³-hybridized carbons (Fsp3) is 0.250. The number of aromatic amines is 1. The van der Waals surface area contributed by atoms with Crippen molar-refractivity contribution in [1.82, 2.24) is 19.1 Å². The summed E-state index contributed by atoms with van der Waals surface area (Å²) in [6.07, 6.45) is 1.52. The van der Waals surface area contributed by atoms with Crippen LogP contribution in [0.4, 0.5) is 0 Å². The van der Waals surface area contributed by atoms with Gasteiger partial charge < -0.3 is 9.72 Å². The summed E-state index contributed by atoms with van der Waals surface area (Å²) in [4.78, 5) is 33.8. The molecule has 0 atom stereocenters. The summed E-state index contributed by atoms with van der Waals surface area (Å²) in [6.45, 7) is 5.32. The zero-order valence-corrected chi connectivity index (χ0v) is 20.0. The third kappa shape index (κ3) is 4.37. The number of ether oxygens (including phenoxy) is 1. The van der Waals surface area contributed by atoms with Gasteiger partial charge in [-0.25, -0.2) is 9.78 Å². The number of hydrogen-bond donors (Lipinski definition) is 1. The third-order valence-electron chi connectivity index (χ3n) is 6.11. The molecule has 0 saturated heterocycles. The minimum atomic E-state index is -0.270. The maximum Gasteiger partial charge on any atom is 0.331 e. The largest absolute Gasteiger partial charge is 0.487 e. The minimum Gasteiger partial charge on any atom is -0.487 e. The predicted octanol–water partition coefficient (Wildman–Crippen LogP) is 5.11. The molecular weight excluding hydrogens is 440 g/mol. The van der Waals surface area contributed by atoms with E-state index in [-0.39, 0.29) is 11.2 Å². The fourth-order valence-electron chi connectivity index (χ4n) is 4.38. The van der Waals surface area contributed by atoms with Gasteiger partial charge in [-0.15, -0.1) is 0 Å². The van der Waals surface area contributed by atoms with E-state index in [0.29, 0.717) is 30.7 Å². The van der Waals surface area contributed by atoms with Crippen molar-refractivity contribution < 1.29 is 4.74 Å². The molecule has 0 amide bonds. The van der Waals surface area contributed by atoms with E-state index in [0.717, 1.165) is 46.4 Å². The lowest BCUT2D eigenvalue weighted by Crippen LogP contribution is -2.39. The number of para-hydroxylation sites is 1. The number of pyridine rings is 1. The normalized spacial score (nSPS) is 11.4. The quantitative estimate of drug-likeness (QED) is 0.343. The van der Waals surface area contributed by atoms with Crippen LogP contribution in [0.1, 0.15) is 32.4 Å². The van der Waals surface area contributed by atoms with E-state index >= 15 is 0 Å². The summed E-state index contributed by atoms with van der Waals surface area (Å²) < 4.78 is 8.97. The maximum atomic E-state index is 13.0. The standard InChI is InChI=1S/C28H28N4O3/c1-3-15-31-25-17-24(30-26(25)27(33)32(16-4-2)28(31)34)20-10-13-22(14-11-20)35-18-21-12-9-19-7-5-6-8-23(19)29-21/h5-14,17,30H,3-4,15-16,18H2,1-2H3. The fourth-order valence-corrected chi connectivity index (χ4v) is 4.38. The molecule has 178 valence electrons. The Morgan fingerprint density at radius 3 is 2.40 bits per heavy atom. The topological polar surface area (TPSA) is 81.9 Å². The van der Waals surface area contributed by atoms with Crippen molar-refractivity contribution in [1.29, 1.82) is 0 Å². The second-order valence-corrected chi connectivity index (χ2v) is 8.64. The van der Waals surface area contributed by atoms with Crippen LogP contribution in [0, 0.1) is 0 Å². The molecule has 0 aliphatic carbocycles. The summed E-state index contributed by atoms with van der Waals surface area (Å²) in [5.74, 6) is 0.730. The van der Waals surface area contributed by atoms with E-state index in [9.17, 15) is 9.59 Å². The first-order valence-corrected chi connectivity index (χ1v) is 12.0. The lowest BCUT2D eigenvalue weighted by Gasteiger charge is -2.10. The van der Waals surface area contributed by atoms with Crippen LogP contribution in [-0.2, 0) is 19.7 Å². The number of nitrogens with one attached hydrogen (secondary N) is 1. The molecule has 2 aromatic carbocycles. The van der Waals surface area contributed by atoms with Crippen LogP contribution in [0.3, 0.4) is 0 Å². The van der Waals surface area contributed by atoms with Gasteiger partial charge in [-0.3, -0.25) is 13.9 Å². The highest BCUT2D eigenvalue weighted by molar-refractivity contribution is 5.82. The number of nitrogens with zero attached hydrogens (tertiary/aromatic N) is 3. The van der Waals surface area contributed by atoms with Crippen molar-refractivity contribution in [2.24, 2.45) is 0 Å². The summed E-state index contributed by atoms with van der Waals surface area (Å²) >= 11 is 0. The monoisotopic (exact) mass is 468 g/mol. The van der Waals surface area contributed by atoms with Crippen LogP contribution in [0.15, 0.2) is 76.3 Å². The summed E-state index contributed by atoms with van der Waals surface area (Å²) in [7, 11) is 0. The van der Waals surface area contributed by atoms with Gasteiger partial charge in [0.15, 0.2) is 0 Å². The van der Waals surface area contributed by atoms with Crippen molar-refractivity contribution >= 4 is 21.9 Å². The Labute approximate surface area is 202 Å². The van der Waals surface area contributed by atoms with Gasteiger partial charge in [0.1, 0.15) is 17.9 Å². The lowest BCUT2D eigenvalue weighted by atomic mass is 10.1. The number of aryl methyl sites for hydroxylation is 1. The Morgan fingerprint density at radius 1 is 0.886 bits per heavy atom. The molecule has 5 rings (SSSR count). The van der Waals surface area contributed by atoms with Gasteiger partial charge in [0, 0.05) is 24.2 Å². The Bertz CT molecular complexity index is 1610. The van der Waals surface area contributed by atoms with Gasteiger partial charge in [0.05, 0.1) is 16.7 Å². The zero-order chi connectivity index (χ0) is 24.4. The predicted molar refractivity (Wildman–Crippen MR) is 139 cm³/mol. The number of H-pyrrole nitrogens is 1. The molecule has 3 heterocycles. The van der Waals surface area contributed by atoms with Crippen LogP contribution in [0.2, 0.25) is 0 Å². The number of hydrogen-bond acceptors (Lipinski definition) is 4. The zero-order valence-electron chi connectivity index (χ0n) is 20.0. The Hall–Kier alpha value is -4.13. The van der Waals surface area contributed by atoms with Crippen molar-refractivity contribution in [2.45, 2.75) is 46.4 Å². The number of fused-ring (bicyclic) bond motifs is 2. The second kappa shape index (κ2) is 9.62. The Kier molecular flexibility index (Phi) is 6.23. The number of benzene rings is 2. The minimum absolute atomic E-state index is 0.247. The average Bonchev–Trinajstić information content (AvgIpc) is 3.34. The van der Waals surface area contributed by atoms with Crippen LogP contribution in [-0.4, -0.2) is 19.1 Å². The molecule has 5 aromatic rings. The van der Waals surface area contributed by atoms with Crippen molar-refractivity contribution in [3.8, 4) is 17.0 Å². The SMILES string of the molecule is CCCn1c(=O)c2[nH]c(-c3ccc(OCc4ccc5ccccc5n4)cc3)cc2n(CCC)c1=O. The molecule has 0 aliphatic heterocycles. The van der Waals surface area contributed by atoms with Crippen LogP contribution >= 0.6 is 0 Å². The molecule has 0 spiro atoms. The molecule has 1 N–H and O–H groups in total. The molecule has 0 saturated carbocycles. The van der Waals surface area contributed by atoms with E-state index in [1.54, 1.807) is 4.57 Å². The van der Waals surface area contributed by atoms with E-state index in [1.165, 1.54) is 4.57 Å². The van der Waals surface area contributed by atoms with Gasteiger partial charge in [0.25, 0.3) is 5.56 Å². The van der Waals surface area contributed by atoms with Crippen LogP contribution in [0.25, 0.3) is 33.2 Å². The Morgan fingerprint density at radius 2 is 1.63 bits per heavy atom. The molecule has 0 aliphatic rings. The lowest BCUT2D eigenvalue weighted by molar-refractivity contribution is 0.302. The molecule has 3 aromatic heterocycles. The molecule has 7 heteroatoms. The highest BCUT2D eigenvalue weighted by atomic mass is 16.5. The van der Waals surface area contributed by atoms with E-state index in [2.05, 4.69) is 9.97 Å². The molecule has 0 radical (unpaired) electrons. The summed E-state index contributed by atoms with van der Waals surface area (Å²) in [6, 6.07) is 21.6. The smallest absolute Gasteiger partial charge is 0.331 e. The van der Waals surface area contributed by atoms with Crippen LogP contribution < -0.4 is 16.0 Å². The van der Waals surface area contributed by atoms with Gasteiger partial charge in [-0.1, -0.05) is 38.1 Å². The number of rotatable bonds is 8. The molecule has 0 unspecified atom stereocenters. The van der Waals surface area contributed by atoms with E-state index in [4.69, 9.17) is 4.74 Å². The number of aromatic nitrogens is 4. The summed E-state index contributed by atoms with van der Waals surface area (Å²) in [5.41, 5.74) is 4.10. The van der Waals surface area contributed by atoms with E-state index < -0.39 is 0 Å². The first-order valence-electron chi connectivity index (χ1n) is 12.0. The highest BCUT2D eigenvalue weighted by Crippen LogP contribution is 2.25. The Balaban J connectivity index is 1.41. The average molecular weight is 469 g/mol. The highest BCUT2D eigenvalue weighted by Gasteiger charge is 2.16. The van der Waals surface area contributed by atoms with Gasteiger partial charge in [-0.2, -0.15) is 0 Å².